The number of Topliss-reactive ketones (excluding diaryl/α,β-unsaturated/α-hetero) is 1. The van der Waals surface area contributed by atoms with E-state index in [1.54, 1.807) is 6.92 Å². The fourth-order valence-corrected chi connectivity index (χ4v) is 1.77. The van der Waals surface area contributed by atoms with Crippen molar-refractivity contribution in [2.75, 3.05) is 0 Å². The first-order chi connectivity index (χ1) is 8.06. The van der Waals surface area contributed by atoms with Gasteiger partial charge in [-0.25, -0.2) is 0 Å². The van der Waals surface area contributed by atoms with Crippen LogP contribution in [0.15, 0.2) is 34.7 Å². The van der Waals surface area contributed by atoms with Crippen LogP contribution >= 0.6 is 0 Å². The molecule has 1 aromatic heterocycles. The Morgan fingerprint density at radius 1 is 1.12 bits per heavy atom. The molecule has 0 aliphatic carbocycles. The average molecular weight is 228 g/mol. The first-order valence-electron chi connectivity index (χ1n) is 5.72. The Kier molecular flexibility index (Phi) is 3.14. The summed E-state index contributed by atoms with van der Waals surface area (Å²) in [5.41, 5.74) is 3.57. The summed E-state index contributed by atoms with van der Waals surface area (Å²) in [5, 5.41) is 0. The lowest BCUT2D eigenvalue weighted by Gasteiger charge is -2.02. The number of hydrogen-bond donors (Lipinski definition) is 0. The highest BCUT2D eigenvalue weighted by molar-refractivity contribution is 5.77. The Bertz CT molecular complexity index is 550. The van der Waals surface area contributed by atoms with Gasteiger partial charge in [-0.05, 0) is 50.1 Å². The summed E-state index contributed by atoms with van der Waals surface area (Å²) in [5.74, 6) is 1.67. The van der Waals surface area contributed by atoms with Crippen LogP contribution in [0.1, 0.15) is 23.8 Å². The van der Waals surface area contributed by atoms with E-state index in [1.807, 2.05) is 18.2 Å². The third-order valence-electron chi connectivity index (χ3n) is 2.88. The van der Waals surface area contributed by atoms with Crippen LogP contribution in [-0.2, 0) is 11.2 Å². The number of rotatable bonds is 3. The van der Waals surface area contributed by atoms with Gasteiger partial charge in [-0.2, -0.15) is 0 Å². The van der Waals surface area contributed by atoms with Gasteiger partial charge < -0.3 is 4.42 Å². The Morgan fingerprint density at radius 2 is 1.88 bits per heavy atom. The highest BCUT2D eigenvalue weighted by Crippen LogP contribution is 2.24. The maximum absolute atomic E-state index is 11.0. The molecule has 2 aromatic rings. The molecule has 88 valence electrons. The third kappa shape index (κ3) is 2.64. The lowest BCUT2D eigenvalue weighted by molar-refractivity contribution is -0.116. The molecule has 1 aromatic carbocycles. The summed E-state index contributed by atoms with van der Waals surface area (Å²) in [4.78, 5) is 11.0. The minimum absolute atomic E-state index is 0.117. The lowest BCUT2D eigenvalue weighted by atomic mass is 10.1. The molecule has 0 amide bonds. The molecule has 0 N–H and O–H groups in total. The zero-order chi connectivity index (χ0) is 12.4. The van der Waals surface area contributed by atoms with Gasteiger partial charge in [-0.1, -0.05) is 12.1 Å². The van der Waals surface area contributed by atoms with Crippen molar-refractivity contribution < 1.29 is 9.21 Å². The summed E-state index contributed by atoms with van der Waals surface area (Å²) in [7, 11) is 0. The second-order valence-corrected chi connectivity index (χ2v) is 4.44. The van der Waals surface area contributed by atoms with Crippen LogP contribution in [0.2, 0.25) is 0 Å². The molecule has 2 heteroatoms. The largest absolute Gasteiger partial charge is 0.461 e. The highest BCUT2D eigenvalue weighted by atomic mass is 16.3. The van der Waals surface area contributed by atoms with Crippen molar-refractivity contribution in [3.63, 3.8) is 0 Å². The average Bonchev–Trinajstić information content (AvgIpc) is 2.69. The maximum Gasteiger partial charge on any atom is 0.137 e. The van der Waals surface area contributed by atoms with E-state index in [1.165, 1.54) is 11.1 Å². The fourth-order valence-electron chi connectivity index (χ4n) is 1.77. The number of benzene rings is 1. The van der Waals surface area contributed by atoms with Gasteiger partial charge in [-0.15, -0.1) is 0 Å². The van der Waals surface area contributed by atoms with Gasteiger partial charge in [0, 0.05) is 5.56 Å². The molecule has 0 saturated carbocycles. The summed E-state index contributed by atoms with van der Waals surface area (Å²) in [6, 6.07) is 10.0. The van der Waals surface area contributed by atoms with Gasteiger partial charge in [0.25, 0.3) is 0 Å². The molecular weight excluding hydrogens is 212 g/mol. The van der Waals surface area contributed by atoms with Crippen molar-refractivity contribution in [3.05, 3.63) is 47.2 Å². The number of hydrogen-bond acceptors (Lipinski definition) is 2. The molecule has 0 atom stereocenters. The molecule has 0 spiro atoms. The maximum atomic E-state index is 11.0. The molecule has 0 fully saturated rings. The van der Waals surface area contributed by atoms with Crippen LogP contribution in [0.25, 0.3) is 11.3 Å². The van der Waals surface area contributed by atoms with E-state index >= 15 is 0 Å². The van der Waals surface area contributed by atoms with Gasteiger partial charge in [0.05, 0.1) is 6.42 Å². The summed E-state index contributed by atoms with van der Waals surface area (Å²) in [6.45, 7) is 5.74. The monoisotopic (exact) mass is 228 g/mol. The number of aryl methyl sites for hydroxylation is 2. The molecule has 17 heavy (non-hydrogen) atoms. The first-order valence-corrected chi connectivity index (χ1v) is 5.72. The number of carbonyl (C=O) groups is 1. The first kappa shape index (κ1) is 11.6. The van der Waals surface area contributed by atoms with Crippen LogP contribution in [0.5, 0.6) is 0 Å². The minimum atomic E-state index is 0.117. The Labute approximate surface area is 101 Å². The van der Waals surface area contributed by atoms with E-state index in [-0.39, 0.29) is 5.78 Å². The van der Waals surface area contributed by atoms with E-state index in [0.29, 0.717) is 6.42 Å². The second-order valence-electron chi connectivity index (χ2n) is 4.44. The molecular formula is C15H16O2. The molecule has 0 bridgehead atoms. The molecule has 0 radical (unpaired) electrons. The van der Waals surface area contributed by atoms with Crippen LogP contribution in [0.3, 0.4) is 0 Å². The molecule has 0 saturated heterocycles. The Balaban J connectivity index is 2.30. The highest BCUT2D eigenvalue weighted by Gasteiger charge is 2.07. The molecule has 0 aliphatic rings. The van der Waals surface area contributed by atoms with Crippen LogP contribution in [0.4, 0.5) is 0 Å². The number of ketones is 1. The van der Waals surface area contributed by atoms with Crippen molar-refractivity contribution in [2.24, 2.45) is 0 Å². The Morgan fingerprint density at radius 3 is 2.53 bits per heavy atom. The van der Waals surface area contributed by atoms with Crippen molar-refractivity contribution in [3.8, 4) is 11.3 Å². The van der Waals surface area contributed by atoms with Gasteiger partial charge in [0.1, 0.15) is 17.3 Å². The van der Waals surface area contributed by atoms with Crippen molar-refractivity contribution >= 4 is 5.78 Å². The van der Waals surface area contributed by atoms with Crippen LogP contribution < -0.4 is 0 Å². The predicted molar refractivity (Wildman–Crippen MR) is 68.0 cm³/mol. The number of furan rings is 1. The van der Waals surface area contributed by atoms with Gasteiger partial charge in [-0.3, -0.25) is 4.79 Å². The molecule has 2 rings (SSSR count). The topological polar surface area (TPSA) is 30.2 Å². The van der Waals surface area contributed by atoms with E-state index < -0.39 is 0 Å². The number of carbonyl (C=O) groups excluding carboxylic acids is 1. The van der Waals surface area contributed by atoms with Gasteiger partial charge in [0.2, 0.25) is 0 Å². The predicted octanol–water partition coefficient (Wildman–Crippen LogP) is 3.69. The second kappa shape index (κ2) is 4.58. The van der Waals surface area contributed by atoms with E-state index in [2.05, 4.69) is 26.0 Å². The zero-order valence-corrected chi connectivity index (χ0v) is 10.4. The van der Waals surface area contributed by atoms with Gasteiger partial charge >= 0.3 is 0 Å². The van der Waals surface area contributed by atoms with E-state index in [9.17, 15) is 4.79 Å². The summed E-state index contributed by atoms with van der Waals surface area (Å²) in [6.07, 6.45) is 0.366. The Hall–Kier alpha value is -1.83. The summed E-state index contributed by atoms with van der Waals surface area (Å²) < 4.78 is 5.65. The van der Waals surface area contributed by atoms with E-state index in [0.717, 1.165) is 17.1 Å². The standard InChI is InChI=1S/C15H16O2/c1-10-4-5-13(8-11(10)2)15-7-6-14(17-15)9-12(3)16/h4-8H,9H2,1-3H3. The third-order valence-corrected chi connectivity index (χ3v) is 2.88. The van der Waals surface area contributed by atoms with E-state index in [4.69, 9.17) is 4.42 Å². The smallest absolute Gasteiger partial charge is 0.137 e. The van der Waals surface area contributed by atoms with Gasteiger partial charge in [0.15, 0.2) is 0 Å². The SMILES string of the molecule is CC(=O)Cc1ccc(-c2ccc(C)c(C)c2)o1. The zero-order valence-electron chi connectivity index (χ0n) is 10.4. The fraction of sp³-hybridized carbons (Fsp3) is 0.267. The molecule has 0 unspecified atom stereocenters. The van der Waals surface area contributed by atoms with Crippen molar-refractivity contribution in [1.82, 2.24) is 0 Å². The molecule has 0 aliphatic heterocycles. The van der Waals surface area contributed by atoms with Crippen LogP contribution in [-0.4, -0.2) is 5.78 Å². The van der Waals surface area contributed by atoms with Crippen molar-refractivity contribution in [1.29, 1.82) is 0 Å². The normalized spacial score (nSPS) is 10.5. The quantitative estimate of drug-likeness (QED) is 0.801. The lowest BCUT2D eigenvalue weighted by Crippen LogP contribution is -1.93. The summed E-state index contributed by atoms with van der Waals surface area (Å²) >= 11 is 0. The van der Waals surface area contributed by atoms with Crippen molar-refractivity contribution in [2.45, 2.75) is 27.2 Å². The van der Waals surface area contributed by atoms with Crippen LogP contribution in [0, 0.1) is 13.8 Å². The molecule has 2 nitrogen and oxygen atoms in total. The molecule has 1 heterocycles. The minimum Gasteiger partial charge on any atom is -0.461 e.